The molecule has 0 spiro atoms. The van der Waals surface area contributed by atoms with Crippen molar-refractivity contribution in [2.75, 3.05) is 0 Å². The third-order valence-electron chi connectivity index (χ3n) is 3.42. The molecule has 0 amide bonds. The minimum Gasteiger partial charge on any atom is -0.307 e. The van der Waals surface area contributed by atoms with Gasteiger partial charge in [-0.25, -0.2) is 4.98 Å². The lowest BCUT2D eigenvalue weighted by Gasteiger charge is -2.20. The molecule has 21 heavy (non-hydrogen) atoms. The highest BCUT2D eigenvalue weighted by Gasteiger charge is 2.30. The molecule has 0 saturated heterocycles. The van der Waals surface area contributed by atoms with E-state index in [0.717, 1.165) is 17.2 Å². The van der Waals surface area contributed by atoms with Gasteiger partial charge in [-0.05, 0) is 45.7 Å². The monoisotopic (exact) mass is 321 g/mol. The van der Waals surface area contributed by atoms with E-state index in [1.54, 1.807) is 17.5 Å². The van der Waals surface area contributed by atoms with Gasteiger partial charge >= 0.3 is 0 Å². The van der Waals surface area contributed by atoms with Crippen molar-refractivity contribution in [3.8, 4) is 10.7 Å². The van der Waals surface area contributed by atoms with Crippen LogP contribution in [0.4, 0.5) is 0 Å². The Morgan fingerprint density at radius 3 is 2.67 bits per heavy atom. The average molecular weight is 322 g/mol. The molecule has 2 aromatic rings. The molecule has 2 aromatic heterocycles. The summed E-state index contributed by atoms with van der Waals surface area (Å²) in [6.45, 7) is 7.44. The quantitative estimate of drug-likeness (QED) is 0.892. The van der Waals surface area contributed by atoms with Crippen molar-refractivity contribution < 1.29 is 0 Å². The third-order valence-corrected chi connectivity index (χ3v) is 4.73. The molecule has 0 unspecified atom stereocenters. The summed E-state index contributed by atoms with van der Waals surface area (Å²) < 4.78 is 0. The highest BCUT2D eigenvalue weighted by atomic mass is 35.5. The zero-order valence-corrected chi connectivity index (χ0v) is 14.2. The Morgan fingerprint density at radius 1 is 1.33 bits per heavy atom. The Labute approximate surface area is 134 Å². The summed E-state index contributed by atoms with van der Waals surface area (Å²) in [6.07, 6.45) is 4.21. The number of hydrogen-bond donors (Lipinski definition) is 1. The molecule has 112 valence electrons. The lowest BCUT2D eigenvalue weighted by atomic mass is 10.1. The Bertz CT molecular complexity index is 624. The van der Waals surface area contributed by atoms with Crippen LogP contribution in [-0.2, 0) is 6.54 Å². The molecule has 5 heteroatoms. The Kier molecular flexibility index (Phi) is 4.04. The Hall–Kier alpha value is -0.970. The van der Waals surface area contributed by atoms with E-state index in [9.17, 15) is 0 Å². The van der Waals surface area contributed by atoms with Crippen LogP contribution in [0.3, 0.4) is 0 Å². The van der Waals surface area contributed by atoms with Crippen molar-refractivity contribution >= 4 is 22.9 Å². The number of aromatic nitrogens is 2. The van der Waals surface area contributed by atoms with Gasteiger partial charge in [0, 0.05) is 29.1 Å². The predicted molar refractivity (Wildman–Crippen MR) is 88.9 cm³/mol. The van der Waals surface area contributed by atoms with Crippen LogP contribution < -0.4 is 5.32 Å². The normalized spacial score (nSPS) is 15.4. The maximum atomic E-state index is 5.91. The van der Waals surface area contributed by atoms with E-state index in [2.05, 4.69) is 31.1 Å². The molecule has 3 nitrogen and oxygen atoms in total. The second-order valence-corrected chi connectivity index (χ2v) is 8.09. The minimum absolute atomic E-state index is 0.115. The van der Waals surface area contributed by atoms with Gasteiger partial charge in [0.25, 0.3) is 0 Å². The van der Waals surface area contributed by atoms with E-state index >= 15 is 0 Å². The van der Waals surface area contributed by atoms with Crippen LogP contribution in [0.15, 0.2) is 18.3 Å². The van der Waals surface area contributed by atoms with Crippen LogP contribution in [0, 0.1) is 0 Å². The minimum atomic E-state index is 0.115. The Morgan fingerprint density at radius 2 is 2.10 bits per heavy atom. The van der Waals surface area contributed by atoms with Gasteiger partial charge in [-0.3, -0.25) is 4.98 Å². The van der Waals surface area contributed by atoms with Gasteiger partial charge < -0.3 is 5.32 Å². The van der Waals surface area contributed by atoms with E-state index in [-0.39, 0.29) is 5.54 Å². The van der Waals surface area contributed by atoms with E-state index in [1.165, 1.54) is 23.4 Å². The molecular formula is C16H20ClN3S. The van der Waals surface area contributed by atoms with Crippen LogP contribution in [-0.4, -0.2) is 15.5 Å². The van der Waals surface area contributed by atoms with Gasteiger partial charge in [0.05, 0.1) is 16.4 Å². The van der Waals surface area contributed by atoms with Gasteiger partial charge in [0.2, 0.25) is 0 Å². The molecule has 0 atom stereocenters. The van der Waals surface area contributed by atoms with Gasteiger partial charge in [0.15, 0.2) is 0 Å². The van der Waals surface area contributed by atoms with E-state index in [0.29, 0.717) is 10.9 Å². The average Bonchev–Trinajstić information content (AvgIpc) is 3.17. The highest BCUT2D eigenvalue weighted by Crippen LogP contribution is 2.44. The Balaban J connectivity index is 1.87. The molecule has 1 aliphatic carbocycles. The first-order valence-corrected chi connectivity index (χ1v) is 8.48. The molecule has 1 fully saturated rings. The van der Waals surface area contributed by atoms with Crippen molar-refractivity contribution in [2.24, 2.45) is 0 Å². The molecule has 0 aromatic carbocycles. The maximum absolute atomic E-state index is 5.91. The fourth-order valence-corrected chi connectivity index (χ4v) is 3.30. The zero-order chi connectivity index (χ0) is 15.0. The fourth-order valence-electron chi connectivity index (χ4n) is 2.12. The SMILES string of the molecule is CC(C)(C)NCc1sc(-c2ccc(Cl)cn2)nc1C1CC1. The van der Waals surface area contributed by atoms with Crippen molar-refractivity contribution in [1.29, 1.82) is 0 Å². The number of halogens is 1. The summed E-state index contributed by atoms with van der Waals surface area (Å²) >= 11 is 7.65. The number of nitrogens with zero attached hydrogens (tertiary/aromatic N) is 2. The molecule has 0 radical (unpaired) electrons. The number of nitrogens with one attached hydrogen (secondary N) is 1. The van der Waals surface area contributed by atoms with Gasteiger partial charge in [-0.1, -0.05) is 11.6 Å². The fraction of sp³-hybridized carbons (Fsp3) is 0.500. The first-order chi connectivity index (χ1) is 9.92. The standard InChI is InChI=1S/C16H20ClN3S/c1-16(2,3)19-9-13-14(10-4-5-10)20-15(21-13)12-7-6-11(17)8-18-12/h6-8,10,19H,4-5,9H2,1-3H3. The lowest BCUT2D eigenvalue weighted by Crippen LogP contribution is -2.35. The first kappa shape index (κ1) is 14.9. The number of rotatable bonds is 4. The number of pyridine rings is 1. The summed E-state index contributed by atoms with van der Waals surface area (Å²) in [4.78, 5) is 10.6. The van der Waals surface area contributed by atoms with E-state index in [4.69, 9.17) is 16.6 Å². The second kappa shape index (κ2) is 5.67. The zero-order valence-electron chi connectivity index (χ0n) is 12.6. The van der Waals surface area contributed by atoms with Crippen molar-refractivity contribution in [3.05, 3.63) is 33.9 Å². The smallest absolute Gasteiger partial charge is 0.142 e. The molecule has 3 rings (SSSR count). The van der Waals surface area contributed by atoms with Gasteiger partial charge in [0.1, 0.15) is 5.01 Å². The third kappa shape index (κ3) is 3.82. The molecule has 2 heterocycles. The molecule has 0 aliphatic heterocycles. The van der Waals surface area contributed by atoms with Crippen molar-refractivity contribution in [1.82, 2.24) is 15.3 Å². The van der Waals surface area contributed by atoms with Crippen LogP contribution in [0.25, 0.3) is 10.7 Å². The van der Waals surface area contributed by atoms with Gasteiger partial charge in [-0.2, -0.15) is 0 Å². The molecule has 0 bridgehead atoms. The maximum Gasteiger partial charge on any atom is 0.142 e. The second-order valence-electron chi connectivity index (χ2n) is 6.57. The summed E-state index contributed by atoms with van der Waals surface area (Å²) in [5.41, 5.74) is 2.29. The van der Waals surface area contributed by atoms with Crippen LogP contribution in [0.1, 0.15) is 50.1 Å². The van der Waals surface area contributed by atoms with Crippen molar-refractivity contribution in [2.45, 2.75) is 51.6 Å². The van der Waals surface area contributed by atoms with Crippen molar-refractivity contribution in [3.63, 3.8) is 0 Å². The molecule has 1 saturated carbocycles. The summed E-state index contributed by atoms with van der Waals surface area (Å²) in [5, 5.41) is 5.22. The lowest BCUT2D eigenvalue weighted by molar-refractivity contribution is 0.425. The molecule has 1 N–H and O–H groups in total. The molecule has 1 aliphatic rings. The molecular weight excluding hydrogens is 302 g/mol. The highest BCUT2D eigenvalue weighted by molar-refractivity contribution is 7.15. The topological polar surface area (TPSA) is 37.8 Å². The number of hydrogen-bond acceptors (Lipinski definition) is 4. The summed E-state index contributed by atoms with van der Waals surface area (Å²) in [5.74, 6) is 0.652. The first-order valence-electron chi connectivity index (χ1n) is 7.29. The van der Waals surface area contributed by atoms with Crippen LogP contribution >= 0.6 is 22.9 Å². The summed E-state index contributed by atoms with van der Waals surface area (Å²) in [6, 6.07) is 3.81. The largest absolute Gasteiger partial charge is 0.307 e. The summed E-state index contributed by atoms with van der Waals surface area (Å²) in [7, 11) is 0. The van der Waals surface area contributed by atoms with Crippen LogP contribution in [0.2, 0.25) is 5.02 Å². The van der Waals surface area contributed by atoms with E-state index in [1.807, 2.05) is 12.1 Å². The predicted octanol–water partition coefficient (Wildman–Crippen LogP) is 4.62. The number of thiazole rings is 1. The van der Waals surface area contributed by atoms with Gasteiger partial charge in [-0.15, -0.1) is 11.3 Å². The van der Waals surface area contributed by atoms with E-state index < -0.39 is 0 Å². The van der Waals surface area contributed by atoms with Crippen LogP contribution in [0.5, 0.6) is 0 Å².